The number of benzene rings is 1. The Balaban J connectivity index is 1.54. The maximum atomic E-state index is 12.7. The summed E-state index contributed by atoms with van der Waals surface area (Å²) in [7, 11) is 0. The molecule has 18 heavy (non-hydrogen) atoms. The second-order valence-electron chi connectivity index (χ2n) is 4.58. The van der Waals surface area contributed by atoms with E-state index in [9.17, 15) is 4.39 Å². The molecular weight excluding hydrogens is 231 g/mol. The summed E-state index contributed by atoms with van der Waals surface area (Å²) in [5.41, 5.74) is 1.18. The summed E-state index contributed by atoms with van der Waals surface area (Å²) in [6, 6.07) is 6.73. The number of hydrogen-bond acceptors (Lipinski definition) is 3. The van der Waals surface area contributed by atoms with Crippen molar-refractivity contribution in [2.24, 2.45) is 0 Å². The molecule has 1 aromatic rings. The minimum Gasteiger partial charge on any atom is -0.379 e. The standard InChI is InChI=1S/C14H21FN2O/c15-14-3-1-13(2-4-14)5-6-16-7-8-17-9-11-18-12-10-17/h1-4,16H,5-12H2. The van der Waals surface area contributed by atoms with E-state index in [-0.39, 0.29) is 5.82 Å². The summed E-state index contributed by atoms with van der Waals surface area (Å²) in [6.45, 7) is 6.81. The van der Waals surface area contributed by atoms with Crippen molar-refractivity contribution in [3.8, 4) is 0 Å². The van der Waals surface area contributed by atoms with Crippen molar-refractivity contribution in [3.63, 3.8) is 0 Å². The van der Waals surface area contributed by atoms with Gasteiger partial charge in [0.05, 0.1) is 13.2 Å². The quantitative estimate of drug-likeness (QED) is 0.772. The molecule has 3 nitrogen and oxygen atoms in total. The highest BCUT2D eigenvalue weighted by molar-refractivity contribution is 5.16. The Kier molecular flexibility index (Phi) is 5.58. The number of nitrogens with zero attached hydrogens (tertiary/aromatic N) is 1. The zero-order valence-corrected chi connectivity index (χ0v) is 10.7. The van der Waals surface area contributed by atoms with Crippen LogP contribution in [0.5, 0.6) is 0 Å². The van der Waals surface area contributed by atoms with E-state index in [2.05, 4.69) is 10.2 Å². The normalized spacial score (nSPS) is 16.9. The molecule has 1 heterocycles. The van der Waals surface area contributed by atoms with Gasteiger partial charge in [0, 0.05) is 26.2 Å². The van der Waals surface area contributed by atoms with Crippen LogP contribution in [0.2, 0.25) is 0 Å². The molecule has 1 N–H and O–H groups in total. The van der Waals surface area contributed by atoms with Crippen molar-refractivity contribution in [3.05, 3.63) is 35.6 Å². The fourth-order valence-corrected chi connectivity index (χ4v) is 2.07. The Bertz CT molecular complexity index is 336. The third-order valence-electron chi connectivity index (χ3n) is 3.21. The van der Waals surface area contributed by atoms with E-state index in [0.29, 0.717) is 0 Å². The fraction of sp³-hybridized carbons (Fsp3) is 0.571. The molecule has 0 bridgehead atoms. The van der Waals surface area contributed by atoms with E-state index in [1.165, 1.54) is 17.7 Å². The largest absolute Gasteiger partial charge is 0.379 e. The summed E-state index contributed by atoms with van der Waals surface area (Å²) in [5.74, 6) is -0.168. The molecule has 2 rings (SSSR count). The minimum absolute atomic E-state index is 0.168. The van der Waals surface area contributed by atoms with Gasteiger partial charge in [-0.15, -0.1) is 0 Å². The molecule has 0 amide bonds. The van der Waals surface area contributed by atoms with Gasteiger partial charge in [-0.25, -0.2) is 4.39 Å². The molecule has 0 spiro atoms. The maximum absolute atomic E-state index is 12.7. The molecule has 1 fully saturated rings. The molecule has 0 radical (unpaired) electrons. The Morgan fingerprint density at radius 2 is 1.83 bits per heavy atom. The SMILES string of the molecule is Fc1ccc(CCNCCN2CCOCC2)cc1. The van der Waals surface area contributed by atoms with Crippen LogP contribution >= 0.6 is 0 Å². The molecule has 4 heteroatoms. The van der Waals surface area contributed by atoms with Crippen molar-refractivity contribution >= 4 is 0 Å². The van der Waals surface area contributed by atoms with Crippen LogP contribution in [0.15, 0.2) is 24.3 Å². The number of halogens is 1. The Hall–Kier alpha value is -0.970. The number of rotatable bonds is 6. The van der Waals surface area contributed by atoms with Crippen LogP contribution in [0.25, 0.3) is 0 Å². The van der Waals surface area contributed by atoms with Crippen molar-refractivity contribution in [1.29, 1.82) is 0 Å². The molecule has 0 saturated carbocycles. The second-order valence-corrected chi connectivity index (χ2v) is 4.58. The lowest BCUT2D eigenvalue weighted by molar-refractivity contribution is 0.0385. The van der Waals surface area contributed by atoms with Crippen molar-refractivity contribution in [2.45, 2.75) is 6.42 Å². The fourth-order valence-electron chi connectivity index (χ4n) is 2.07. The smallest absolute Gasteiger partial charge is 0.123 e. The highest BCUT2D eigenvalue weighted by atomic mass is 19.1. The molecule has 0 atom stereocenters. The van der Waals surface area contributed by atoms with E-state index < -0.39 is 0 Å². The molecule has 100 valence electrons. The van der Waals surface area contributed by atoms with E-state index >= 15 is 0 Å². The molecule has 1 saturated heterocycles. The third kappa shape index (κ3) is 4.72. The van der Waals surface area contributed by atoms with Crippen LogP contribution in [-0.4, -0.2) is 50.8 Å². The zero-order chi connectivity index (χ0) is 12.6. The maximum Gasteiger partial charge on any atom is 0.123 e. The van der Waals surface area contributed by atoms with Crippen LogP contribution in [0, 0.1) is 5.82 Å². The average molecular weight is 252 g/mol. The molecule has 0 aliphatic carbocycles. The van der Waals surface area contributed by atoms with Crippen LogP contribution in [-0.2, 0) is 11.2 Å². The Morgan fingerprint density at radius 1 is 1.11 bits per heavy atom. The van der Waals surface area contributed by atoms with Gasteiger partial charge in [-0.2, -0.15) is 0 Å². The minimum atomic E-state index is -0.168. The van der Waals surface area contributed by atoms with E-state index in [1.807, 2.05) is 12.1 Å². The van der Waals surface area contributed by atoms with E-state index in [4.69, 9.17) is 4.74 Å². The van der Waals surface area contributed by atoms with Crippen molar-refractivity contribution in [1.82, 2.24) is 10.2 Å². The molecule has 1 aromatic carbocycles. The molecule has 1 aliphatic rings. The Labute approximate surface area is 108 Å². The summed E-state index contributed by atoms with van der Waals surface area (Å²) in [6.07, 6.45) is 0.948. The molecule has 0 unspecified atom stereocenters. The first-order valence-corrected chi connectivity index (χ1v) is 6.60. The van der Waals surface area contributed by atoms with Crippen LogP contribution < -0.4 is 5.32 Å². The predicted octanol–water partition coefficient (Wildman–Crippen LogP) is 1.29. The molecule has 0 aromatic heterocycles. The van der Waals surface area contributed by atoms with Crippen LogP contribution in [0.4, 0.5) is 4.39 Å². The highest BCUT2D eigenvalue weighted by Crippen LogP contribution is 2.02. The lowest BCUT2D eigenvalue weighted by atomic mass is 10.1. The van der Waals surface area contributed by atoms with Gasteiger partial charge in [-0.05, 0) is 30.7 Å². The topological polar surface area (TPSA) is 24.5 Å². The first-order valence-electron chi connectivity index (χ1n) is 6.60. The zero-order valence-electron chi connectivity index (χ0n) is 10.7. The van der Waals surface area contributed by atoms with E-state index in [1.54, 1.807) is 0 Å². The van der Waals surface area contributed by atoms with Crippen molar-refractivity contribution in [2.75, 3.05) is 45.9 Å². The summed E-state index contributed by atoms with van der Waals surface area (Å²) in [5, 5.41) is 3.42. The lowest BCUT2D eigenvalue weighted by Gasteiger charge is -2.26. The first-order chi connectivity index (χ1) is 8.84. The second kappa shape index (κ2) is 7.46. The van der Waals surface area contributed by atoms with Gasteiger partial charge in [-0.3, -0.25) is 4.90 Å². The van der Waals surface area contributed by atoms with Gasteiger partial charge in [0.15, 0.2) is 0 Å². The lowest BCUT2D eigenvalue weighted by Crippen LogP contribution is -2.40. The monoisotopic (exact) mass is 252 g/mol. The number of hydrogen-bond donors (Lipinski definition) is 1. The number of nitrogens with one attached hydrogen (secondary N) is 1. The van der Waals surface area contributed by atoms with Gasteiger partial charge in [-0.1, -0.05) is 12.1 Å². The van der Waals surface area contributed by atoms with E-state index in [0.717, 1.165) is 52.4 Å². The van der Waals surface area contributed by atoms with Gasteiger partial charge < -0.3 is 10.1 Å². The third-order valence-corrected chi connectivity index (χ3v) is 3.21. The van der Waals surface area contributed by atoms with Gasteiger partial charge in [0.2, 0.25) is 0 Å². The molecular formula is C14H21FN2O. The van der Waals surface area contributed by atoms with Crippen LogP contribution in [0.3, 0.4) is 0 Å². The average Bonchev–Trinajstić information content (AvgIpc) is 2.42. The predicted molar refractivity (Wildman–Crippen MR) is 70.2 cm³/mol. The van der Waals surface area contributed by atoms with Gasteiger partial charge in [0.25, 0.3) is 0 Å². The molecule has 1 aliphatic heterocycles. The highest BCUT2D eigenvalue weighted by Gasteiger charge is 2.08. The summed E-state index contributed by atoms with van der Waals surface area (Å²) in [4.78, 5) is 2.41. The number of ether oxygens (including phenoxy) is 1. The first kappa shape index (κ1) is 13.5. The number of morpholine rings is 1. The Morgan fingerprint density at radius 3 is 2.56 bits per heavy atom. The van der Waals surface area contributed by atoms with Crippen molar-refractivity contribution < 1.29 is 9.13 Å². The van der Waals surface area contributed by atoms with Crippen LogP contribution in [0.1, 0.15) is 5.56 Å². The summed E-state index contributed by atoms with van der Waals surface area (Å²) < 4.78 is 18.0. The summed E-state index contributed by atoms with van der Waals surface area (Å²) >= 11 is 0. The van der Waals surface area contributed by atoms with Gasteiger partial charge in [0.1, 0.15) is 5.82 Å². The van der Waals surface area contributed by atoms with Gasteiger partial charge >= 0.3 is 0 Å².